The highest BCUT2D eigenvalue weighted by atomic mass is 16.2. The number of nitrogens with zero attached hydrogens (tertiary/aromatic N) is 2. The predicted molar refractivity (Wildman–Crippen MR) is 121 cm³/mol. The van der Waals surface area contributed by atoms with E-state index in [-0.39, 0.29) is 17.8 Å². The third-order valence-electron chi connectivity index (χ3n) is 5.69. The van der Waals surface area contributed by atoms with Gasteiger partial charge in [-0.1, -0.05) is 20.3 Å². The number of primary amides is 1. The number of carbonyl (C=O) groups is 4. The molecule has 5 atom stereocenters. The van der Waals surface area contributed by atoms with Crippen LogP contribution in [-0.2, 0) is 19.2 Å². The molecule has 12 nitrogen and oxygen atoms in total. The summed E-state index contributed by atoms with van der Waals surface area (Å²) in [6.45, 7) is 6.02. The molecule has 12 heteroatoms. The number of aliphatic imine (C=N–C) groups is 1. The highest BCUT2D eigenvalue weighted by Crippen LogP contribution is 2.18. The molecule has 0 spiro atoms. The van der Waals surface area contributed by atoms with Crippen LogP contribution in [0.5, 0.6) is 0 Å². The maximum absolute atomic E-state index is 12.9. The van der Waals surface area contributed by atoms with Crippen molar-refractivity contribution in [1.82, 2.24) is 15.5 Å². The monoisotopic (exact) mass is 454 g/mol. The summed E-state index contributed by atoms with van der Waals surface area (Å²) < 4.78 is 0. The van der Waals surface area contributed by atoms with Gasteiger partial charge in [0, 0.05) is 13.1 Å². The van der Waals surface area contributed by atoms with Gasteiger partial charge in [-0.15, -0.1) is 0 Å². The fourth-order valence-electron chi connectivity index (χ4n) is 3.55. The molecule has 1 saturated heterocycles. The van der Waals surface area contributed by atoms with Crippen molar-refractivity contribution < 1.29 is 19.2 Å². The van der Waals surface area contributed by atoms with Crippen LogP contribution < -0.4 is 33.6 Å². The first-order chi connectivity index (χ1) is 15.0. The molecule has 0 unspecified atom stereocenters. The van der Waals surface area contributed by atoms with Crippen molar-refractivity contribution in [3.05, 3.63) is 0 Å². The number of likely N-dealkylation sites (tertiary alicyclic amines) is 1. The Morgan fingerprint density at radius 1 is 1.09 bits per heavy atom. The highest BCUT2D eigenvalue weighted by molar-refractivity contribution is 5.94. The lowest BCUT2D eigenvalue weighted by Gasteiger charge is -2.29. The Labute approximate surface area is 188 Å². The highest BCUT2D eigenvalue weighted by Gasteiger charge is 2.36. The van der Waals surface area contributed by atoms with Crippen LogP contribution in [0.1, 0.15) is 52.9 Å². The van der Waals surface area contributed by atoms with Crippen molar-refractivity contribution in [2.24, 2.45) is 33.8 Å². The van der Waals surface area contributed by atoms with Gasteiger partial charge in [-0.2, -0.15) is 0 Å². The molecule has 0 aromatic rings. The second-order valence-electron chi connectivity index (χ2n) is 8.25. The van der Waals surface area contributed by atoms with Gasteiger partial charge < -0.3 is 38.5 Å². The summed E-state index contributed by atoms with van der Waals surface area (Å²) in [5.41, 5.74) is 21.8. The van der Waals surface area contributed by atoms with Crippen LogP contribution in [0.4, 0.5) is 0 Å². The number of hydrogen-bond acceptors (Lipinski definition) is 6. The minimum atomic E-state index is -0.876. The Morgan fingerprint density at radius 2 is 1.75 bits per heavy atom. The van der Waals surface area contributed by atoms with E-state index in [1.807, 2.05) is 13.8 Å². The molecule has 4 amide bonds. The van der Waals surface area contributed by atoms with E-state index in [0.29, 0.717) is 45.2 Å². The minimum Gasteiger partial charge on any atom is -0.370 e. The van der Waals surface area contributed by atoms with Gasteiger partial charge in [-0.25, -0.2) is 0 Å². The molecule has 10 N–H and O–H groups in total. The SMILES string of the molecule is CC[C@H](C)[C@H](NC(=O)[C@@H](N)CCCN=C(N)N)C(=O)N[C@@H](C)C(=O)N1CCC[C@H]1C(N)=O. The van der Waals surface area contributed by atoms with E-state index in [4.69, 9.17) is 22.9 Å². The maximum Gasteiger partial charge on any atom is 0.245 e. The minimum absolute atomic E-state index is 0.0312. The van der Waals surface area contributed by atoms with Gasteiger partial charge >= 0.3 is 0 Å². The van der Waals surface area contributed by atoms with E-state index in [1.165, 1.54) is 4.90 Å². The third kappa shape index (κ3) is 7.98. The van der Waals surface area contributed by atoms with Crippen molar-refractivity contribution in [1.29, 1.82) is 0 Å². The molecule has 0 aliphatic carbocycles. The van der Waals surface area contributed by atoms with Gasteiger partial charge in [0.25, 0.3) is 0 Å². The maximum atomic E-state index is 12.9. The molecule has 0 bridgehead atoms. The second-order valence-corrected chi connectivity index (χ2v) is 8.25. The smallest absolute Gasteiger partial charge is 0.245 e. The Balaban J connectivity index is 2.73. The molecular weight excluding hydrogens is 416 g/mol. The lowest BCUT2D eigenvalue weighted by atomic mass is 9.97. The van der Waals surface area contributed by atoms with Crippen LogP contribution in [0, 0.1) is 5.92 Å². The van der Waals surface area contributed by atoms with E-state index in [0.717, 1.165) is 0 Å². The zero-order chi connectivity index (χ0) is 24.4. The van der Waals surface area contributed by atoms with E-state index >= 15 is 0 Å². The first-order valence-corrected chi connectivity index (χ1v) is 11.0. The molecule has 1 heterocycles. The first kappa shape index (κ1) is 27.1. The van der Waals surface area contributed by atoms with Crippen LogP contribution in [-0.4, -0.2) is 71.7 Å². The fourth-order valence-corrected chi connectivity index (χ4v) is 3.55. The molecule has 1 aliphatic rings. The zero-order valence-electron chi connectivity index (χ0n) is 19.2. The Kier molecular flexibility index (Phi) is 10.9. The normalized spacial score (nSPS) is 19.4. The molecule has 182 valence electrons. The van der Waals surface area contributed by atoms with Gasteiger partial charge in [0.2, 0.25) is 23.6 Å². The van der Waals surface area contributed by atoms with Gasteiger partial charge in [0.1, 0.15) is 18.1 Å². The number of guanidine groups is 1. The standard InChI is InChI=1S/C20H38N8O4/c1-4-11(2)15(27-17(30)13(21)7-5-9-25-20(23)24)18(31)26-12(3)19(32)28-10-6-8-14(28)16(22)29/h11-15H,4-10,21H2,1-3H3,(H2,22,29)(H,26,31)(H,27,30)(H4,23,24,25)/t11-,12-,13-,14-,15-/m0/s1. The largest absolute Gasteiger partial charge is 0.370 e. The molecule has 1 fully saturated rings. The van der Waals surface area contributed by atoms with Crippen molar-refractivity contribution in [2.75, 3.05) is 13.1 Å². The lowest BCUT2D eigenvalue weighted by Crippen LogP contribution is -2.58. The fraction of sp³-hybridized carbons (Fsp3) is 0.750. The molecule has 0 aromatic carbocycles. The summed E-state index contributed by atoms with van der Waals surface area (Å²) in [5, 5.41) is 5.35. The van der Waals surface area contributed by atoms with Crippen LogP contribution in [0.15, 0.2) is 4.99 Å². The van der Waals surface area contributed by atoms with Crippen LogP contribution in [0.25, 0.3) is 0 Å². The van der Waals surface area contributed by atoms with Crippen molar-refractivity contribution in [3.8, 4) is 0 Å². The Hall–Kier alpha value is -2.89. The summed E-state index contributed by atoms with van der Waals surface area (Å²) in [4.78, 5) is 55.0. The molecule has 0 saturated carbocycles. The van der Waals surface area contributed by atoms with Crippen molar-refractivity contribution in [3.63, 3.8) is 0 Å². The van der Waals surface area contributed by atoms with Crippen LogP contribution in [0.2, 0.25) is 0 Å². The lowest BCUT2D eigenvalue weighted by molar-refractivity contribution is -0.140. The van der Waals surface area contributed by atoms with E-state index < -0.39 is 41.9 Å². The third-order valence-corrected chi connectivity index (χ3v) is 5.69. The number of hydrogen-bond donors (Lipinski definition) is 6. The Bertz CT molecular complexity index is 710. The summed E-state index contributed by atoms with van der Waals surface area (Å²) in [6, 6.07) is -3.23. The van der Waals surface area contributed by atoms with E-state index in [1.54, 1.807) is 6.92 Å². The Morgan fingerprint density at radius 3 is 2.31 bits per heavy atom. The van der Waals surface area contributed by atoms with Gasteiger partial charge in [0.15, 0.2) is 5.96 Å². The molecule has 0 radical (unpaired) electrons. The average molecular weight is 455 g/mol. The van der Waals surface area contributed by atoms with Crippen molar-refractivity contribution in [2.45, 2.75) is 77.0 Å². The number of carbonyl (C=O) groups excluding carboxylic acids is 4. The van der Waals surface area contributed by atoms with Gasteiger partial charge in [0.05, 0.1) is 6.04 Å². The second kappa shape index (κ2) is 12.8. The van der Waals surface area contributed by atoms with Gasteiger partial charge in [-0.3, -0.25) is 24.2 Å². The summed E-state index contributed by atoms with van der Waals surface area (Å²) in [5.74, 6) is -2.13. The molecule has 0 aromatic heterocycles. The quantitative estimate of drug-likeness (QED) is 0.109. The summed E-state index contributed by atoms with van der Waals surface area (Å²) in [6.07, 6.45) is 2.65. The molecule has 1 rings (SSSR count). The summed E-state index contributed by atoms with van der Waals surface area (Å²) in [7, 11) is 0. The van der Waals surface area contributed by atoms with E-state index in [9.17, 15) is 19.2 Å². The molecular formula is C20H38N8O4. The number of nitrogens with one attached hydrogen (secondary N) is 2. The van der Waals surface area contributed by atoms with E-state index in [2.05, 4.69) is 15.6 Å². The average Bonchev–Trinajstić information content (AvgIpc) is 3.23. The first-order valence-electron chi connectivity index (χ1n) is 11.0. The number of amides is 4. The predicted octanol–water partition coefficient (Wildman–Crippen LogP) is -2.12. The topological polar surface area (TPSA) is 212 Å². The zero-order valence-corrected chi connectivity index (χ0v) is 19.2. The van der Waals surface area contributed by atoms with Crippen molar-refractivity contribution >= 4 is 29.6 Å². The van der Waals surface area contributed by atoms with Crippen LogP contribution in [0.3, 0.4) is 0 Å². The molecule has 1 aliphatic heterocycles. The number of nitrogens with two attached hydrogens (primary N) is 4. The number of rotatable bonds is 12. The van der Waals surface area contributed by atoms with Crippen LogP contribution >= 0.6 is 0 Å². The molecule has 32 heavy (non-hydrogen) atoms. The summed E-state index contributed by atoms with van der Waals surface area (Å²) >= 11 is 0. The van der Waals surface area contributed by atoms with Gasteiger partial charge in [-0.05, 0) is 38.5 Å².